The third-order valence-electron chi connectivity index (χ3n) is 3.04. The van der Waals surface area contributed by atoms with Crippen molar-refractivity contribution in [2.24, 2.45) is 0 Å². The van der Waals surface area contributed by atoms with E-state index >= 15 is 0 Å². The summed E-state index contributed by atoms with van der Waals surface area (Å²) in [5.74, 6) is 0.458. The summed E-state index contributed by atoms with van der Waals surface area (Å²) < 4.78 is 7.56. The van der Waals surface area contributed by atoms with Gasteiger partial charge >= 0.3 is 0 Å². The Bertz CT molecular complexity index is 855. The van der Waals surface area contributed by atoms with Gasteiger partial charge < -0.3 is 9.72 Å². The lowest BCUT2D eigenvalue weighted by Gasteiger charge is -2.08. The number of nitrogens with one attached hydrogen (secondary N) is 1. The molecule has 0 bridgehead atoms. The van der Waals surface area contributed by atoms with Crippen LogP contribution in [0.4, 0.5) is 0 Å². The van der Waals surface area contributed by atoms with Crippen LogP contribution in [0, 0.1) is 11.7 Å². The fourth-order valence-corrected chi connectivity index (χ4v) is 2.55. The molecule has 0 saturated heterocycles. The zero-order valence-electron chi connectivity index (χ0n) is 10.8. The number of fused-ring (bicyclic) bond motifs is 1. The van der Waals surface area contributed by atoms with Gasteiger partial charge in [0.2, 0.25) is 5.88 Å². The molecule has 2 heterocycles. The molecule has 0 spiro atoms. The summed E-state index contributed by atoms with van der Waals surface area (Å²) in [7, 11) is 1.56. The Morgan fingerprint density at radius 1 is 1.35 bits per heavy atom. The Morgan fingerprint density at radius 3 is 2.90 bits per heavy atom. The maximum Gasteiger partial charge on any atom is 0.242 e. The molecule has 0 amide bonds. The van der Waals surface area contributed by atoms with Crippen molar-refractivity contribution >= 4 is 35.0 Å². The average molecular weight is 307 g/mol. The predicted octanol–water partition coefficient (Wildman–Crippen LogP) is 3.45. The van der Waals surface area contributed by atoms with Crippen LogP contribution in [0.1, 0.15) is 5.56 Å². The van der Waals surface area contributed by atoms with Crippen LogP contribution in [0.3, 0.4) is 0 Å². The van der Waals surface area contributed by atoms with Crippen LogP contribution in [-0.4, -0.2) is 26.6 Å². The number of nitrogens with zero attached hydrogens (tertiary/aromatic N) is 3. The number of halogens is 1. The molecule has 0 saturated carbocycles. The lowest BCUT2D eigenvalue weighted by atomic mass is 10.2. The zero-order valence-corrected chi connectivity index (χ0v) is 12.4. The summed E-state index contributed by atoms with van der Waals surface area (Å²) in [5, 5.41) is 0.642. The van der Waals surface area contributed by atoms with Gasteiger partial charge in [0.05, 0.1) is 12.8 Å². The number of aromatic nitrogens is 4. The molecule has 1 aromatic carbocycles. The van der Waals surface area contributed by atoms with Crippen molar-refractivity contribution in [3.8, 4) is 11.6 Å². The lowest BCUT2D eigenvalue weighted by molar-refractivity contribution is 0.401. The summed E-state index contributed by atoms with van der Waals surface area (Å²) in [5.41, 5.74) is 3.25. The molecular weight excluding hydrogens is 296 g/mol. The first-order chi connectivity index (χ1) is 9.61. The number of methoxy groups -OCH3 is 1. The first-order valence-electron chi connectivity index (χ1n) is 5.88. The van der Waals surface area contributed by atoms with Gasteiger partial charge in [-0.1, -0.05) is 17.7 Å². The summed E-state index contributed by atoms with van der Waals surface area (Å²) in [6, 6.07) is 5.64. The second-order valence-electron chi connectivity index (χ2n) is 4.28. The molecule has 3 rings (SSSR count). The van der Waals surface area contributed by atoms with Crippen molar-refractivity contribution in [2.45, 2.75) is 6.92 Å². The number of H-pyrrole nitrogens is 1. The number of rotatable bonds is 2. The number of hydrogen-bond donors (Lipinski definition) is 1. The van der Waals surface area contributed by atoms with Gasteiger partial charge in [0.1, 0.15) is 11.8 Å². The van der Waals surface area contributed by atoms with E-state index in [0.29, 0.717) is 26.8 Å². The molecule has 1 N–H and O–H groups in total. The Kier molecular flexibility index (Phi) is 3.19. The maximum atomic E-state index is 6.08. The van der Waals surface area contributed by atoms with Gasteiger partial charge in [-0.3, -0.25) is 4.57 Å². The third-order valence-corrected chi connectivity index (χ3v) is 3.56. The quantitative estimate of drug-likeness (QED) is 0.737. The standard InChI is InChI=1S/C13H11ClN4OS/c1-7-3-4-8(14)5-9(7)18-11-10(17-13(18)20)12(19-2)16-6-15-11/h3-6H,1-2H3,(H,17,20). The molecule has 0 fully saturated rings. The zero-order chi connectivity index (χ0) is 14.3. The van der Waals surface area contributed by atoms with E-state index in [-0.39, 0.29) is 0 Å². The van der Waals surface area contributed by atoms with Crippen molar-refractivity contribution < 1.29 is 4.74 Å². The van der Waals surface area contributed by atoms with E-state index in [2.05, 4.69) is 15.0 Å². The van der Waals surface area contributed by atoms with Crippen LogP contribution in [0.15, 0.2) is 24.5 Å². The molecule has 7 heteroatoms. The minimum absolute atomic E-state index is 0.458. The van der Waals surface area contributed by atoms with Gasteiger partial charge in [0.15, 0.2) is 10.4 Å². The van der Waals surface area contributed by atoms with E-state index in [1.165, 1.54) is 6.33 Å². The second-order valence-corrected chi connectivity index (χ2v) is 5.10. The minimum atomic E-state index is 0.458. The molecule has 20 heavy (non-hydrogen) atoms. The molecule has 0 aliphatic carbocycles. The Balaban J connectivity index is 2.40. The summed E-state index contributed by atoms with van der Waals surface area (Å²) in [4.78, 5) is 11.4. The Labute approximate surface area is 125 Å². The van der Waals surface area contributed by atoms with Gasteiger partial charge in [0, 0.05) is 5.02 Å². The van der Waals surface area contributed by atoms with Crippen molar-refractivity contribution in [1.29, 1.82) is 0 Å². The normalized spacial score (nSPS) is 10.9. The van der Waals surface area contributed by atoms with Gasteiger partial charge in [-0.15, -0.1) is 0 Å². The highest BCUT2D eigenvalue weighted by Crippen LogP contribution is 2.26. The molecule has 0 unspecified atom stereocenters. The van der Waals surface area contributed by atoms with Crippen LogP contribution >= 0.6 is 23.8 Å². The first-order valence-corrected chi connectivity index (χ1v) is 6.66. The summed E-state index contributed by atoms with van der Waals surface area (Å²) in [6.07, 6.45) is 1.44. The maximum absolute atomic E-state index is 6.08. The number of benzene rings is 1. The lowest BCUT2D eigenvalue weighted by Crippen LogP contribution is -1.99. The Hall–Kier alpha value is -1.92. The van der Waals surface area contributed by atoms with Crippen molar-refractivity contribution in [2.75, 3.05) is 7.11 Å². The fourth-order valence-electron chi connectivity index (χ4n) is 2.10. The molecule has 0 radical (unpaired) electrons. The number of ether oxygens (including phenoxy) is 1. The van der Waals surface area contributed by atoms with Crippen LogP contribution in [-0.2, 0) is 0 Å². The van der Waals surface area contributed by atoms with E-state index < -0.39 is 0 Å². The number of hydrogen-bond acceptors (Lipinski definition) is 4. The molecule has 0 atom stereocenters. The molecule has 0 aliphatic heterocycles. The number of aryl methyl sites for hydroxylation is 1. The van der Waals surface area contributed by atoms with E-state index in [0.717, 1.165) is 11.3 Å². The topological polar surface area (TPSA) is 55.7 Å². The molecule has 2 aromatic heterocycles. The second kappa shape index (κ2) is 4.88. The summed E-state index contributed by atoms with van der Waals surface area (Å²) >= 11 is 11.5. The largest absolute Gasteiger partial charge is 0.479 e. The monoisotopic (exact) mass is 306 g/mol. The fraction of sp³-hybridized carbons (Fsp3) is 0.154. The van der Waals surface area contributed by atoms with Gasteiger partial charge in [-0.05, 0) is 36.8 Å². The highest BCUT2D eigenvalue weighted by molar-refractivity contribution is 7.71. The molecular formula is C13H11ClN4OS. The molecule has 5 nitrogen and oxygen atoms in total. The average Bonchev–Trinajstić information content (AvgIpc) is 2.77. The number of aromatic amines is 1. The molecule has 3 aromatic rings. The first kappa shape index (κ1) is 13.1. The highest BCUT2D eigenvalue weighted by atomic mass is 35.5. The number of imidazole rings is 1. The van der Waals surface area contributed by atoms with Crippen molar-refractivity contribution in [3.63, 3.8) is 0 Å². The third kappa shape index (κ3) is 1.97. The van der Waals surface area contributed by atoms with Crippen LogP contribution in [0.25, 0.3) is 16.9 Å². The van der Waals surface area contributed by atoms with Gasteiger partial charge in [0.25, 0.3) is 0 Å². The van der Waals surface area contributed by atoms with Crippen molar-refractivity contribution in [3.05, 3.63) is 39.9 Å². The minimum Gasteiger partial charge on any atom is -0.479 e. The van der Waals surface area contributed by atoms with E-state index in [1.54, 1.807) is 7.11 Å². The Morgan fingerprint density at radius 2 is 2.15 bits per heavy atom. The predicted molar refractivity (Wildman–Crippen MR) is 80.3 cm³/mol. The van der Waals surface area contributed by atoms with Crippen molar-refractivity contribution in [1.82, 2.24) is 19.5 Å². The van der Waals surface area contributed by atoms with E-state index in [9.17, 15) is 0 Å². The van der Waals surface area contributed by atoms with E-state index in [1.807, 2.05) is 29.7 Å². The summed E-state index contributed by atoms with van der Waals surface area (Å²) in [6.45, 7) is 1.99. The molecule has 0 aliphatic rings. The van der Waals surface area contributed by atoms with Gasteiger partial charge in [-0.2, -0.15) is 4.98 Å². The SMILES string of the molecule is COc1ncnc2c1[nH]c(=S)n2-c1cc(Cl)ccc1C. The highest BCUT2D eigenvalue weighted by Gasteiger charge is 2.14. The molecule has 102 valence electrons. The van der Waals surface area contributed by atoms with Crippen LogP contribution < -0.4 is 4.74 Å². The smallest absolute Gasteiger partial charge is 0.242 e. The van der Waals surface area contributed by atoms with E-state index in [4.69, 9.17) is 28.6 Å². The van der Waals surface area contributed by atoms with Gasteiger partial charge in [-0.25, -0.2) is 4.98 Å². The van der Waals surface area contributed by atoms with Crippen LogP contribution in [0.5, 0.6) is 5.88 Å². The van der Waals surface area contributed by atoms with Crippen LogP contribution in [0.2, 0.25) is 5.02 Å².